The van der Waals surface area contributed by atoms with Gasteiger partial charge in [0.25, 0.3) is 0 Å². The number of nitrogens with two attached hydrogens (primary N) is 1. The van der Waals surface area contributed by atoms with E-state index in [4.69, 9.17) is 10.8 Å². The van der Waals surface area contributed by atoms with Crippen LogP contribution in [0.25, 0.3) is 0 Å². The predicted molar refractivity (Wildman–Crippen MR) is 77.6 cm³/mol. The number of carbonyl (C=O) groups excluding carboxylic acids is 2. The smallest absolute Gasteiger partial charge is 0.326 e. The average Bonchev–Trinajstić information content (AvgIpc) is 2.42. The van der Waals surface area contributed by atoms with Gasteiger partial charge in [0.05, 0.1) is 0 Å². The first-order valence-corrected chi connectivity index (χ1v) is 7.37. The summed E-state index contributed by atoms with van der Waals surface area (Å²) in [6.07, 6.45) is 4.20. The van der Waals surface area contributed by atoms with Crippen molar-refractivity contribution in [1.29, 1.82) is 0 Å². The Labute approximate surface area is 124 Å². The normalized spacial score (nSPS) is 23.1. The SMILES string of the molecule is CC1CCCCC1N(C)C(=O)NC(CCC(N)=O)C(=O)O. The van der Waals surface area contributed by atoms with Crippen LogP contribution in [0.4, 0.5) is 4.79 Å². The quantitative estimate of drug-likeness (QED) is 0.677. The number of hydrogen-bond donors (Lipinski definition) is 3. The van der Waals surface area contributed by atoms with Gasteiger partial charge in [0.2, 0.25) is 5.91 Å². The minimum Gasteiger partial charge on any atom is -0.480 e. The third kappa shape index (κ3) is 5.24. The highest BCUT2D eigenvalue weighted by Gasteiger charge is 2.30. The number of hydrogen-bond acceptors (Lipinski definition) is 3. The third-order valence-electron chi connectivity index (χ3n) is 4.16. The molecular formula is C14H25N3O4. The van der Waals surface area contributed by atoms with Crippen LogP contribution >= 0.6 is 0 Å². The molecule has 0 bridgehead atoms. The van der Waals surface area contributed by atoms with Crippen molar-refractivity contribution in [3.05, 3.63) is 0 Å². The van der Waals surface area contributed by atoms with Crippen molar-refractivity contribution in [2.24, 2.45) is 11.7 Å². The van der Waals surface area contributed by atoms with E-state index in [1.807, 2.05) is 0 Å². The van der Waals surface area contributed by atoms with E-state index in [2.05, 4.69) is 12.2 Å². The first-order valence-electron chi connectivity index (χ1n) is 7.37. The van der Waals surface area contributed by atoms with Crippen molar-refractivity contribution in [2.75, 3.05) is 7.05 Å². The van der Waals surface area contributed by atoms with Gasteiger partial charge in [-0.2, -0.15) is 0 Å². The highest BCUT2D eigenvalue weighted by Crippen LogP contribution is 2.27. The monoisotopic (exact) mass is 299 g/mol. The largest absolute Gasteiger partial charge is 0.480 e. The Morgan fingerprint density at radius 2 is 1.95 bits per heavy atom. The van der Waals surface area contributed by atoms with Gasteiger partial charge in [-0.05, 0) is 25.2 Å². The summed E-state index contributed by atoms with van der Waals surface area (Å²) in [5, 5.41) is 11.6. The van der Waals surface area contributed by atoms with Gasteiger partial charge < -0.3 is 21.1 Å². The molecule has 3 atom stereocenters. The van der Waals surface area contributed by atoms with Crippen molar-refractivity contribution in [3.63, 3.8) is 0 Å². The van der Waals surface area contributed by atoms with Crippen molar-refractivity contribution in [3.8, 4) is 0 Å². The van der Waals surface area contributed by atoms with Gasteiger partial charge in [-0.3, -0.25) is 4.79 Å². The molecule has 0 aromatic heterocycles. The predicted octanol–water partition coefficient (Wildman–Crippen LogP) is 0.925. The summed E-state index contributed by atoms with van der Waals surface area (Å²) in [7, 11) is 1.69. The molecular weight excluding hydrogens is 274 g/mol. The van der Waals surface area contributed by atoms with Gasteiger partial charge in [-0.1, -0.05) is 19.8 Å². The number of urea groups is 1. The summed E-state index contributed by atoms with van der Waals surface area (Å²) >= 11 is 0. The third-order valence-corrected chi connectivity index (χ3v) is 4.16. The fraction of sp³-hybridized carbons (Fsp3) is 0.786. The van der Waals surface area contributed by atoms with E-state index >= 15 is 0 Å². The summed E-state index contributed by atoms with van der Waals surface area (Å²) < 4.78 is 0. The second-order valence-corrected chi connectivity index (χ2v) is 5.79. The van der Waals surface area contributed by atoms with Crippen LogP contribution < -0.4 is 11.1 Å². The number of rotatable bonds is 6. The molecule has 0 aromatic rings. The van der Waals surface area contributed by atoms with Gasteiger partial charge in [0.1, 0.15) is 6.04 Å². The van der Waals surface area contributed by atoms with Crippen LogP contribution in [0, 0.1) is 5.92 Å². The topological polar surface area (TPSA) is 113 Å². The minimum absolute atomic E-state index is 0.00443. The Hall–Kier alpha value is -1.79. The van der Waals surface area contributed by atoms with Gasteiger partial charge in [0.15, 0.2) is 0 Å². The fourth-order valence-electron chi connectivity index (χ4n) is 2.82. The number of carboxylic acids is 1. The average molecular weight is 299 g/mol. The number of primary amides is 1. The zero-order valence-electron chi connectivity index (χ0n) is 12.7. The maximum Gasteiger partial charge on any atom is 0.326 e. The molecule has 0 aliphatic heterocycles. The fourth-order valence-corrected chi connectivity index (χ4v) is 2.82. The number of aliphatic carboxylic acids is 1. The van der Waals surface area contributed by atoms with Crippen LogP contribution in [0.2, 0.25) is 0 Å². The van der Waals surface area contributed by atoms with E-state index in [1.165, 1.54) is 6.42 Å². The molecule has 1 fully saturated rings. The highest BCUT2D eigenvalue weighted by molar-refractivity contribution is 5.83. The molecule has 1 rings (SSSR count). The van der Waals surface area contributed by atoms with Crippen molar-refractivity contribution in [2.45, 2.75) is 57.5 Å². The number of carboxylic acid groups (broad SMARTS) is 1. The first kappa shape index (κ1) is 17.3. The van der Waals surface area contributed by atoms with Crippen LogP contribution in [0.15, 0.2) is 0 Å². The lowest BCUT2D eigenvalue weighted by atomic mass is 9.85. The summed E-state index contributed by atoms with van der Waals surface area (Å²) in [6, 6.07) is -1.37. The standard InChI is InChI=1S/C14H25N3O4/c1-9-5-3-4-6-11(9)17(2)14(21)16-10(13(19)20)7-8-12(15)18/h9-11H,3-8H2,1-2H3,(H2,15,18)(H,16,21)(H,19,20). The molecule has 3 amide bonds. The molecule has 1 aliphatic rings. The minimum atomic E-state index is -1.16. The van der Waals surface area contributed by atoms with E-state index in [0.29, 0.717) is 5.92 Å². The molecule has 0 aromatic carbocycles. The van der Waals surface area contributed by atoms with E-state index in [-0.39, 0.29) is 18.9 Å². The molecule has 7 nitrogen and oxygen atoms in total. The number of nitrogens with one attached hydrogen (secondary N) is 1. The lowest BCUT2D eigenvalue weighted by Crippen LogP contribution is -2.52. The number of carbonyl (C=O) groups is 3. The van der Waals surface area contributed by atoms with Crippen molar-refractivity contribution >= 4 is 17.9 Å². The van der Waals surface area contributed by atoms with Gasteiger partial charge >= 0.3 is 12.0 Å². The highest BCUT2D eigenvalue weighted by atomic mass is 16.4. The maximum atomic E-state index is 12.2. The van der Waals surface area contributed by atoms with Gasteiger partial charge in [-0.15, -0.1) is 0 Å². The maximum absolute atomic E-state index is 12.2. The van der Waals surface area contributed by atoms with E-state index in [1.54, 1.807) is 11.9 Å². The van der Waals surface area contributed by atoms with E-state index in [0.717, 1.165) is 19.3 Å². The van der Waals surface area contributed by atoms with Crippen molar-refractivity contribution in [1.82, 2.24) is 10.2 Å². The van der Waals surface area contributed by atoms with Crippen LogP contribution in [0.1, 0.15) is 45.4 Å². The summed E-state index contributed by atoms with van der Waals surface area (Å²) in [5.74, 6) is -1.33. The lowest BCUT2D eigenvalue weighted by molar-refractivity contribution is -0.139. The molecule has 4 N–H and O–H groups in total. The van der Waals surface area contributed by atoms with Gasteiger partial charge in [0, 0.05) is 19.5 Å². The second kappa shape index (κ2) is 7.85. The van der Waals surface area contributed by atoms with Crippen LogP contribution in [-0.4, -0.2) is 47.0 Å². The summed E-state index contributed by atoms with van der Waals surface area (Å²) in [5.41, 5.74) is 5.01. The number of nitrogens with zero attached hydrogens (tertiary/aromatic N) is 1. The molecule has 7 heteroatoms. The Kier molecular flexibility index (Phi) is 6.45. The lowest BCUT2D eigenvalue weighted by Gasteiger charge is -2.36. The molecule has 0 saturated heterocycles. The zero-order valence-corrected chi connectivity index (χ0v) is 12.7. The Balaban J connectivity index is 2.59. The molecule has 1 aliphatic carbocycles. The van der Waals surface area contributed by atoms with Crippen LogP contribution in [0.3, 0.4) is 0 Å². The molecule has 120 valence electrons. The molecule has 21 heavy (non-hydrogen) atoms. The van der Waals surface area contributed by atoms with E-state index < -0.39 is 23.9 Å². The Morgan fingerprint density at radius 1 is 1.33 bits per heavy atom. The summed E-state index contributed by atoms with van der Waals surface area (Å²) in [4.78, 5) is 35.6. The first-order chi connectivity index (χ1) is 9.82. The number of amides is 3. The van der Waals surface area contributed by atoms with Crippen molar-refractivity contribution < 1.29 is 19.5 Å². The van der Waals surface area contributed by atoms with Crippen LogP contribution in [-0.2, 0) is 9.59 Å². The molecule has 0 radical (unpaired) electrons. The molecule has 0 spiro atoms. The van der Waals surface area contributed by atoms with Crippen LogP contribution in [0.5, 0.6) is 0 Å². The summed E-state index contributed by atoms with van der Waals surface area (Å²) in [6.45, 7) is 2.11. The van der Waals surface area contributed by atoms with Gasteiger partial charge in [-0.25, -0.2) is 9.59 Å². The molecule has 1 saturated carbocycles. The zero-order chi connectivity index (χ0) is 16.0. The Bertz CT molecular complexity index is 400. The Morgan fingerprint density at radius 3 is 2.48 bits per heavy atom. The second-order valence-electron chi connectivity index (χ2n) is 5.79. The van der Waals surface area contributed by atoms with E-state index in [9.17, 15) is 14.4 Å². The molecule has 3 unspecified atom stereocenters. The molecule has 0 heterocycles.